The van der Waals surface area contributed by atoms with Crippen molar-refractivity contribution >= 4 is 0 Å². The molecule has 124 valence electrons. The van der Waals surface area contributed by atoms with E-state index >= 15 is 0 Å². The van der Waals surface area contributed by atoms with Crippen LogP contribution in [-0.2, 0) is 12.7 Å². The zero-order chi connectivity index (χ0) is 17.2. The van der Waals surface area contributed by atoms with Crippen molar-refractivity contribution < 1.29 is 17.9 Å². The molecule has 0 aliphatic carbocycles. The molecule has 0 amide bonds. The third kappa shape index (κ3) is 3.56. The van der Waals surface area contributed by atoms with E-state index in [-0.39, 0.29) is 0 Å². The summed E-state index contributed by atoms with van der Waals surface area (Å²) in [6.45, 7) is 0.349. The number of halogens is 3. The highest BCUT2D eigenvalue weighted by molar-refractivity contribution is 5.58. The van der Waals surface area contributed by atoms with Crippen molar-refractivity contribution in [1.82, 2.24) is 15.0 Å². The number of hydrogen-bond acceptors (Lipinski definition) is 3. The molecule has 24 heavy (non-hydrogen) atoms. The average molecular weight is 333 g/mol. The van der Waals surface area contributed by atoms with Crippen molar-refractivity contribution in [2.24, 2.45) is 0 Å². The minimum Gasteiger partial charge on any atom is -0.497 e. The Labute approximate surface area is 136 Å². The topological polar surface area (TPSA) is 39.9 Å². The zero-order valence-corrected chi connectivity index (χ0v) is 12.8. The Balaban J connectivity index is 1.73. The summed E-state index contributed by atoms with van der Waals surface area (Å²) in [7, 11) is 1.59. The van der Waals surface area contributed by atoms with Crippen LogP contribution >= 0.6 is 0 Å². The van der Waals surface area contributed by atoms with Crippen LogP contribution in [0.2, 0.25) is 0 Å². The van der Waals surface area contributed by atoms with Crippen LogP contribution in [0.15, 0.2) is 54.7 Å². The number of aromatic nitrogens is 3. The maximum absolute atomic E-state index is 12.6. The highest BCUT2D eigenvalue weighted by Gasteiger charge is 2.29. The van der Waals surface area contributed by atoms with Gasteiger partial charge < -0.3 is 4.74 Å². The molecule has 0 atom stereocenters. The monoisotopic (exact) mass is 333 g/mol. The minimum atomic E-state index is -4.33. The van der Waals surface area contributed by atoms with Crippen LogP contribution in [0, 0.1) is 0 Å². The fraction of sp³-hybridized carbons (Fsp3) is 0.176. The molecular weight excluding hydrogens is 319 g/mol. The van der Waals surface area contributed by atoms with Crippen LogP contribution < -0.4 is 4.74 Å². The third-order valence-electron chi connectivity index (χ3n) is 3.55. The molecule has 0 aliphatic heterocycles. The lowest BCUT2D eigenvalue weighted by Gasteiger charge is -2.07. The summed E-state index contributed by atoms with van der Waals surface area (Å²) < 4.78 is 44.4. The molecule has 0 bridgehead atoms. The molecule has 0 aliphatic rings. The number of methoxy groups -OCH3 is 1. The van der Waals surface area contributed by atoms with Gasteiger partial charge in [0, 0.05) is 5.56 Å². The quantitative estimate of drug-likeness (QED) is 0.724. The van der Waals surface area contributed by atoms with Gasteiger partial charge in [-0.2, -0.15) is 13.2 Å². The fourth-order valence-corrected chi connectivity index (χ4v) is 2.26. The van der Waals surface area contributed by atoms with Crippen LogP contribution in [-0.4, -0.2) is 22.1 Å². The first-order valence-electron chi connectivity index (χ1n) is 7.16. The number of hydrogen-bond donors (Lipinski definition) is 0. The van der Waals surface area contributed by atoms with Crippen LogP contribution in [0.3, 0.4) is 0 Å². The van der Waals surface area contributed by atoms with Gasteiger partial charge in [-0.3, -0.25) is 0 Å². The Morgan fingerprint density at radius 2 is 1.67 bits per heavy atom. The molecule has 4 nitrogen and oxygen atoms in total. The Morgan fingerprint density at radius 1 is 1.00 bits per heavy atom. The van der Waals surface area contributed by atoms with E-state index in [2.05, 4.69) is 10.3 Å². The van der Waals surface area contributed by atoms with E-state index in [0.717, 1.165) is 23.4 Å². The van der Waals surface area contributed by atoms with Gasteiger partial charge in [-0.15, -0.1) is 5.10 Å². The SMILES string of the molecule is COc1ccc(-c2cn(Cc3ccc(C(F)(F)F)cc3)nn2)cc1. The van der Waals surface area contributed by atoms with Crippen molar-refractivity contribution in [2.75, 3.05) is 7.11 Å². The summed E-state index contributed by atoms with van der Waals surface area (Å²) in [6, 6.07) is 12.4. The smallest absolute Gasteiger partial charge is 0.416 e. The molecule has 0 saturated carbocycles. The van der Waals surface area contributed by atoms with Gasteiger partial charge in [-0.05, 0) is 42.0 Å². The van der Waals surface area contributed by atoms with E-state index in [4.69, 9.17) is 4.74 Å². The van der Waals surface area contributed by atoms with E-state index in [0.29, 0.717) is 17.8 Å². The Bertz CT molecular complexity index is 808. The first kappa shape index (κ1) is 16.0. The molecule has 7 heteroatoms. The summed E-state index contributed by atoms with van der Waals surface area (Å²) in [5, 5.41) is 8.10. The second kappa shape index (κ2) is 6.35. The van der Waals surface area contributed by atoms with Crippen molar-refractivity contribution in [3.8, 4) is 17.0 Å². The van der Waals surface area contributed by atoms with Crippen LogP contribution in [0.1, 0.15) is 11.1 Å². The maximum Gasteiger partial charge on any atom is 0.416 e. The van der Waals surface area contributed by atoms with Gasteiger partial charge in [0.2, 0.25) is 0 Å². The molecule has 0 N–H and O–H groups in total. The molecule has 0 radical (unpaired) electrons. The van der Waals surface area contributed by atoms with Crippen molar-refractivity contribution in [3.05, 3.63) is 65.9 Å². The predicted molar refractivity (Wildman–Crippen MR) is 82.6 cm³/mol. The van der Waals surface area contributed by atoms with Gasteiger partial charge in [0.15, 0.2) is 0 Å². The van der Waals surface area contributed by atoms with Crippen LogP contribution in [0.5, 0.6) is 5.75 Å². The number of alkyl halides is 3. The lowest BCUT2D eigenvalue weighted by molar-refractivity contribution is -0.137. The lowest BCUT2D eigenvalue weighted by atomic mass is 10.1. The predicted octanol–water partition coefficient (Wildman–Crippen LogP) is 4.02. The molecule has 3 aromatic rings. The molecule has 1 aromatic heterocycles. The van der Waals surface area contributed by atoms with Crippen LogP contribution in [0.25, 0.3) is 11.3 Å². The molecule has 1 heterocycles. The van der Waals surface area contributed by atoms with Crippen molar-refractivity contribution in [2.45, 2.75) is 12.7 Å². The normalized spacial score (nSPS) is 11.5. The number of ether oxygens (including phenoxy) is 1. The summed E-state index contributed by atoms with van der Waals surface area (Å²) >= 11 is 0. The average Bonchev–Trinajstić information content (AvgIpc) is 3.03. The number of benzene rings is 2. The van der Waals surface area contributed by atoms with Gasteiger partial charge in [-0.25, -0.2) is 4.68 Å². The summed E-state index contributed by atoms with van der Waals surface area (Å²) in [5.41, 5.74) is 1.62. The largest absolute Gasteiger partial charge is 0.497 e. The molecule has 0 saturated heterocycles. The summed E-state index contributed by atoms with van der Waals surface area (Å²) in [5.74, 6) is 0.746. The van der Waals surface area contributed by atoms with E-state index < -0.39 is 11.7 Å². The van der Waals surface area contributed by atoms with E-state index in [1.165, 1.54) is 12.1 Å². The van der Waals surface area contributed by atoms with Gasteiger partial charge in [0.1, 0.15) is 11.4 Å². The Morgan fingerprint density at radius 3 is 2.25 bits per heavy atom. The van der Waals surface area contributed by atoms with E-state index in [9.17, 15) is 13.2 Å². The molecule has 0 unspecified atom stereocenters. The molecule has 0 spiro atoms. The highest BCUT2D eigenvalue weighted by atomic mass is 19.4. The Hall–Kier alpha value is -2.83. The molecule has 3 rings (SSSR count). The molecule has 2 aromatic carbocycles. The summed E-state index contributed by atoms with van der Waals surface area (Å²) in [4.78, 5) is 0. The van der Waals surface area contributed by atoms with Gasteiger partial charge in [0.05, 0.1) is 25.4 Å². The maximum atomic E-state index is 12.6. The summed E-state index contributed by atoms with van der Waals surface area (Å²) in [6.07, 6.45) is -2.58. The lowest BCUT2D eigenvalue weighted by Crippen LogP contribution is -2.05. The van der Waals surface area contributed by atoms with Gasteiger partial charge >= 0.3 is 6.18 Å². The van der Waals surface area contributed by atoms with E-state index in [1.54, 1.807) is 18.0 Å². The second-order valence-electron chi connectivity index (χ2n) is 5.22. The van der Waals surface area contributed by atoms with E-state index in [1.807, 2.05) is 24.3 Å². The first-order chi connectivity index (χ1) is 11.5. The number of nitrogens with zero attached hydrogens (tertiary/aromatic N) is 3. The highest BCUT2D eigenvalue weighted by Crippen LogP contribution is 2.29. The zero-order valence-electron chi connectivity index (χ0n) is 12.8. The molecular formula is C17H14F3N3O. The minimum absolute atomic E-state index is 0.349. The second-order valence-corrected chi connectivity index (χ2v) is 5.22. The van der Waals surface area contributed by atoms with Crippen molar-refractivity contribution in [3.63, 3.8) is 0 Å². The standard InChI is InChI=1S/C17H14F3N3O/c1-24-15-8-4-13(5-9-15)16-11-23(22-21-16)10-12-2-6-14(7-3-12)17(18,19)20/h2-9,11H,10H2,1H3. The van der Waals surface area contributed by atoms with Gasteiger partial charge in [0.25, 0.3) is 0 Å². The third-order valence-corrected chi connectivity index (χ3v) is 3.55. The van der Waals surface area contributed by atoms with Gasteiger partial charge in [-0.1, -0.05) is 17.3 Å². The fourth-order valence-electron chi connectivity index (χ4n) is 2.26. The Kier molecular flexibility index (Phi) is 4.24. The van der Waals surface area contributed by atoms with Crippen LogP contribution in [0.4, 0.5) is 13.2 Å². The first-order valence-corrected chi connectivity index (χ1v) is 7.16. The number of rotatable bonds is 4. The van der Waals surface area contributed by atoms with Crippen molar-refractivity contribution in [1.29, 1.82) is 0 Å². The molecule has 0 fully saturated rings.